The molecule has 0 unspecified atom stereocenters. The van der Waals surface area contributed by atoms with Gasteiger partial charge in [-0.2, -0.15) is 0 Å². The first-order valence-electron chi connectivity index (χ1n) is 12.7. The molecule has 1 aliphatic heterocycles. The van der Waals surface area contributed by atoms with Gasteiger partial charge in [0, 0.05) is 36.6 Å². The number of ether oxygens (including phenoxy) is 1. The van der Waals surface area contributed by atoms with Gasteiger partial charge in [-0.15, -0.1) is 0 Å². The molecule has 6 heteroatoms. The fraction of sp³-hybridized carbons (Fsp3) is 0.300. The van der Waals surface area contributed by atoms with Crippen LogP contribution >= 0.6 is 0 Å². The van der Waals surface area contributed by atoms with Gasteiger partial charge in [0.25, 0.3) is 5.91 Å². The molecule has 6 nitrogen and oxygen atoms in total. The Kier molecular flexibility index (Phi) is 6.01. The molecule has 1 amide bonds. The molecule has 1 saturated carbocycles. The monoisotopic (exact) mass is 478 g/mol. The molecule has 2 heterocycles. The summed E-state index contributed by atoms with van der Waals surface area (Å²) in [7, 11) is 1.64. The summed E-state index contributed by atoms with van der Waals surface area (Å²) >= 11 is 0. The van der Waals surface area contributed by atoms with Gasteiger partial charge in [0.1, 0.15) is 17.9 Å². The van der Waals surface area contributed by atoms with Gasteiger partial charge in [0.2, 0.25) is 0 Å². The van der Waals surface area contributed by atoms with E-state index >= 15 is 0 Å². The first-order chi connectivity index (χ1) is 17.7. The number of amides is 1. The van der Waals surface area contributed by atoms with Crippen LogP contribution in [0.3, 0.4) is 0 Å². The fourth-order valence-corrected chi connectivity index (χ4v) is 5.10. The third-order valence-electron chi connectivity index (χ3n) is 7.22. The minimum absolute atomic E-state index is 0.0728. The Hall–Kier alpha value is -3.93. The molecule has 1 aliphatic carbocycles. The zero-order chi connectivity index (χ0) is 24.5. The quantitative estimate of drug-likeness (QED) is 0.341. The predicted octanol–water partition coefficient (Wildman–Crippen LogP) is 5.71. The lowest BCUT2D eigenvalue weighted by molar-refractivity contribution is 0.0730. The summed E-state index contributed by atoms with van der Waals surface area (Å²) in [4.78, 5) is 26.9. The minimum atomic E-state index is 0.0728. The zero-order valence-corrected chi connectivity index (χ0v) is 20.6. The Morgan fingerprint density at radius 1 is 0.972 bits per heavy atom. The summed E-state index contributed by atoms with van der Waals surface area (Å²) in [6.45, 7) is 2.69. The third-order valence-corrected chi connectivity index (χ3v) is 7.22. The first-order valence-corrected chi connectivity index (χ1v) is 12.7. The number of anilines is 1. The number of aromatic nitrogens is 2. The summed E-state index contributed by atoms with van der Waals surface area (Å²) in [5.41, 5.74) is 5.07. The SMILES string of the molecule is COc1ccc(C(=O)N(Cc2cccc(-c3ccc4ncnc(N5CCCC5)c4c3)c2)C2CC2)cc1. The molecule has 3 aromatic carbocycles. The first kappa shape index (κ1) is 22.5. The van der Waals surface area contributed by atoms with E-state index < -0.39 is 0 Å². The Morgan fingerprint density at radius 3 is 2.50 bits per heavy atom. The Balaban J connectivity index is 1.28. The van der Waals surface area contributed by atoms with E-state index in [4.69, 9.17) is 4.74 Å². The second-order valence-electron chi connectivity index (χ2n) is 9.72. The molecule has 0 radical (unpaired) electrons. The van der Waals surface area contributed by atoms with E-state index in [0.29, 0.717) is 18.2 Å². The smallest absolute Gasteiger partial charge is 0.254 e. The van der Waals surface area contributed by atoms with Crippen LogP contribution in [0.25, 0.3) is 22.0 Å². The van der Waals surface area contributed by atoms with Gasteiger partial charge >= 0.3 is 0 Å². The molecule has 0 N–H and O–H groups in total. The highest BCUT2D eigenvalue weighted by Crippen LogP contribution is 2.33. The molecule has 0 spiro atoms. The predicted molar refractivity (Wildman–Crippen MR) is 142 cm³/mol. The standard InChI is InChI=1S/C30H30N4O2/c1-36-26-12-7-22(8-13-26)30(35)34(25-10-11-25)19-21-5-4-6-23(17-21)24-9-14-28-27(18-24)29(32-20-31-28)33-15-2-3-16-33/h4-9,12-14,17-18,20,25H,2-3,10-11,15-16,19H2,1H3. The molecular weight excluding hydrogens is 448 g/mol. The van der Waals surface area contributed by atoms with Crippen LogP contribution in [-0.2, 0) is 6.54 Å². The van der Waals surface area contributed by atoms with Crippen molar-refractivity contribution in [3.8, 4) is 16.9 Å². The molecule has 1 aromatic heterocycles. The van der Waals surface area contributed by atoms with Crippen LogP contribution in [0.1, 0.15) is 41.6 Å². The average molecular weight is 479 g/mol. The van der Waals surface area contributed by atoms with Crippen molar-refractivity contribution in [1.82, 2.24) is 14.9 Å². The van der Waals surface area contributed by atoms with Crippen LogP contribution in [0.15, 0.2) is 73.1 Å². The van der Waals surface area contributed by atoms with Gasteiger partial charge in [-0.25, -0.2) is 9.97 Å². The number of benzene rings is 3. The normalized spacial score (nSPS) is 15.3. The van der Waals surface area contributed by atoms with Gasteiger partial charge in [-0.3, -0.25) is 4.79 Å². The highest BCUT2D eigenvalue weighted by atomic mass is 16.5. The van der Waals surface area contributed by atoms with Crippen molar-refractivity contribution in [3.05, 3.63) is 84.2 Å². The number of fused-ring (bicyclic) bond motifs is 1. The van der Waals surface area contributed by atoms with Crippen LogP contribution in [0.4, 0.5) is 5.82 Å². The third kappa shape index (κ3) is 4.51. The lowest BCUT2D eigenvalue weighted by atomic mass is 10.0. The molecule has 6 rings (SSSR count). The van der Waals surface area contributed by atoms with Crippen molar-refractivity contribution in [2.24, 2.45) is 0 Å². The maximum Gasteiger partial charge on any atom is 0.254 e. The summed E-state index contributed by atoms with van der Waals surface area (Å²) < 4.78 is 5.25. The number of nitrogens with zero attached hydrogens (tertiary/aromatic N) is 4. The lowest BCUT2D eigenvalue weighted by Gasteiger charge is -2.23. The van der Waals surface area contributed by atoms with Crippen molar-refractivity contribution in [2.45, 2.75) is 38.3 Å². The molecule has 0 bridgehead atoms. The van der Waals surface area contributed by atoms with Crippen LogP contribution in [0, 0.1) is 0 Å². The summed E-state index contributed by atoms with van der Waals surface area (Å²) in [6, 6.07) is 22.7. The lowest BCUT2D eigenvalue weighted by Crippen LogP contribution is -2.32. The van der Waals surface area contributed by atoms with Crippen LogP contribution in [0.2, 0.25) is 0 Å². The van der Waals surface area contributed by atoms with E-state index in [1.165, 1.54) is 12.8 Å². The van der Waals surface area contributed by atoms with Gasteiger partial charge < -0.3 is 14.5 Å². The van der Waals surface area contributed by atoms with Crippen molar-refractivity contribution in [3.63, 3.8) is 0 Å². The molecule has 2 aliphatic rings. The molecule has 2 fully saturated rings. The summed E-state index contributed by atoms with van der Waals surface area (Å²) in [6.07, 6.45) is 6.21. The second kappa shape index (κ2) is 9.61. The Labute approximate surface area is 211 Å². The minimum Gasteiger partial charge on any atom is -0.497 e. The van der Waals surface area contributed by atoms with Crippen molar-refractivity contribution >= 4 is 22.6 Å². The number of hydrogen-bond acceptors (Lipinski definition) is 5. The second-order valence-corrected chi connectivity index (χ2v) is 9.72. The van der Waals surface area contributed by atoms with Crippen LogP contribution < -0.4 is 9.64 Å². The van der Waals surface area contributed by atoms with Crippen molar-refractivity contribution in [1.29, 1.82) is 0 Å². The van der Waals surface area contributed by atoms with E-state index in [1.54, 1.807) is 13.4 Å². The van der Waals surface area contributed by atoms with E-state index in [1.807, 2.05) is 29.2 Å². The topological polar surface area (TPSA) is 58.6 Å². The number of carbonyl (C=O) groups excluding carboxylic acids is 1. The molecule has 4 aromatic rings. The maximum absolute atomic E-state index is 13.4. The molecule has 182 valence electrons. The molecular formula is C30H30N4O2. The average Bonchev–Trinajstić information content (AvgIpc) is 3.63. The molecule has 0 atom stereocenters. The van der Waals surface area contributed by atoms with Gasteiger partial charge in [-0.05, 0) is 84.8 Å². The summed E-state index contributed by atoms with van der Waals surface area (Å²) in [5, 5.41) is 1.09. The number of carbonyl (C=O) groups is 1. The highest BCUT2D eigenvalue weighted by Gasteiger charge is 2.33. The Bertz CT molecular complexity index is 1390. The largest absolute Gasteiger partial charge is 0.497 e. The van der Waals surface area contributed by atoms with Crippen molar-refractivity contribution < 1.29 is 9.53 Å². The molecule has 36 heavy (non-hydrogen) atoms. The van der Waals surface area contributed by atoms with Gasteiger partial charge in [-0.1, -0.05) is 24.3 Å². The number of rotatable bonds is 7. The number of methoxy groups -OCH3 is 1. The van der Waals surface area contributed by atoms with E-state index in [9.17, 15) is 4.79 Å². The Morgan fingerprint density at radius 2 is 1.75 bits per heavy atom. The number of hydrogen-bond donors (Lipinski definition) is 0. The van der Waals surface area contributed by atoms with E-state index in [2.05, 4.69) is 57.3 Å². The van der Waals surface area contributed by atoms with Crippen LogP contribution in [-0.4, -0.2) is 47.0 Å². The fourth-order valence-electron chi connectivity index (χ4n) is 5.10. The van der Waals surface area contributed by atoms with E-state index in [0.717, 1.165) is 65.1 Å². The maximum atomic E-state index is 13.4. The van der Waals surface area contributed by atoms with Crippen LogP contribution in [0.5, 0.6) is 5.75 Å². The van der Waals surface area contributed by atoms with E-state index in [-0.39, 0.29) is 5.91 Å². The molecule has 1 saturated heterocycles. The summed E-state index contributed by atoms with van der Waals surface area (Å²) in [5.74, 6) is 1.86. The van der Waals surface area contributed by atoms with Gasteiger partial charge in [0.05, 0.1) is 12.6 Å². The van der Waals surface area contributed by atoms with Crippen molar-refractivity contribution in [2.75, 3.05) is 25.1 Å². The zero-order valence-electron chi connectivity index (χ0n) is 20.6. The highest BCUT2D eigenvalue weighted by molar-refractivity contribution is 5.95. The van der Waals surface area contributed by atoms with Gasteiger partial charge in [0.15, 0.2) is 0 Å².